The van der Waals surface area contributed by atoms with Gasteiger partial charge in [-0.2, -0.15) is 5.26 Å². The van der Waals surface area contributed by atoms with Crippen LogP contribution in [0.5, 0.6) is 5.75 Å². The molecule has 108 valence electrons. The van der Waals surface area contributed by atoms with E-state index in [0.29, 0.717) is 12.1 Å². The summed E-state index contributed by atoms with van der Waals surface area (Å²) in [7, 11) is 0. The summed E-state index contributed by atoms with van der Waals surface area (Å²) in [6.45, 7) is 6.63. The van der Waals surface area contributed by atoms with Gasteiger partial charge in [0.1, 0.15) is 11.8 Å². The van der Waals surface area contributed by atoms with Crippen LogP contribution in [0.15, 0.2) is 42.5 Å². The molecule has 0 aliphatic carbocycles. The Bertz CT molecular complexity index is 657. The number of benzene rings is 2. The van der Waals surface area contributed by atoms with Gasteiger partial charge in [-0.1, -0.05) is 24.3 Å². The van der Waals surface area contributed by atoms with Crippen LogP contribution in [0.25, 0.3) is 0 Å². The highest BCUT2D eigenvalue weighted by molar-refractivity contribution is 5.60. The first-order chi connectivity index (χ1) is 10.1. The topological polar surface area (TPSA) is 45.0 Å². The average molecular weight is 280 g/mol. The third-order valence-corrected chi connectivity index (χ3v) is 3.14. The van der Waals surface area contributed by atoms with E-state index in [1.165, 1.54) is 0 Å². The van der Waals surface area contributed by atoms with E-state index in [4.69, 9.17) is 4.74 Å². The molecule has 2 rings (SSSR count). The normalized spacial score (nSPS) is 10.2. The number of hydrogen-bond acceptors (Lipinski definition) is 3. The van der Waals surface area contributed by atoms with Crippen LogP contribution < -0.4 is 10.1 Å². The van der Waals surface area contributed by atoms with Crippen LogP contribution in [-0.4, -0.2) is 6.10 Å². The van der Waals surface area contributed by atoms with Gasteiger partial charge in [0.05, 0.1) is 17.4 Å². The van der Waals surface area contributed by atoms with Gasteiger partial charge in [0.25, 0.3) is 0 Å². The van der Waals surface area contributed by atoms with E-state index >= 15 is 0 Å². The summed E-state index contributed by atoms with van der Waals surface area (Å²) in [6.07, 6.45) is 0.162. The van der Waals surface area contributed by atoms with Crippen molar-refractivity contribution in [3.63, 3.8) is 0 Å². The molecule has 21 heavy (non-hydrogen) atoms. The molecule has 0 fully saturated rings. The summed E-state index contributed by atoms with van der Waals surface area (Å²) >= 11 is 0. The minimum absolute atomic E-state index is 0.162. The molecule has 2 aromatic carbocycles. The number of nitriles is 1. The Morgan fingerprint density at radius 3 is 2.67 bits per heavy atom. The summed E-state index contributed by atoms with van der Waals surface area (Å²) in [5.41, 5.74) is 3.68. The van der Waals surface area contributed by atoms with Crippen LogP contribution in [-0.2, 0) is 6.54 Å². The predicted octanol–water partition coefficient (Wildman–Crippen LogP) is 4.27. The fourth-order valence-corrected chi connectivity index (χ4v) is 2.16. The number of hydrogen-bond donors (Lipinski definition) is 1. The maximum absolute atomic E-state index is 9.23. The van der Waals surface area contributed by atoms with Gasteiger partial charge in [-0.05, 0) is 50.1 Å². The number of aryl methyl sites for hydroxylation is 1. The summed E-state index contributed by atoms with van der Waals surface area (Å²) < 4.78 is 5.69. The molecule has 0 aliphatic heterocycles. The second kappa shape index (κ2) is 6.81. The molecule has 0 spiro atoms. The van der Waals surface area contributed by atoms with Crippen LogP contribution in [0, 0.1) is 18.3 Å². The lowest BCUT2D eigenvalue weighted by molar-refractivity contribution is 0.242. The van der Waals surface area contributed by atoms with Gasteiger partial charge in [-0.3, -0.25) is 0 Å². The Hall–Kier alpha value is -2.47. The Morgan fingerprint density at radius 1 is 1.19 bits per heavy atom. The lowest BCUT2D eigenvalue weighted by atomic mass is 10.1. The molecule has 0 saturated carbocycles. The fourth-order valence-electron chi connectivity index (χ4n) is 2.16. The van der Waals surface area contributed by atoms with Crippen molar-refractivity contribution in [3.8, 4) is 11.8 Å². The zero-order valence-electron chi connectivity index (χ0n) is 12.7. The van der Waals surface area contributed by atoms with Crippen molar-refractivity contribution in [2.24, 2.45) is 0 Å². The van der Waals surface area contributed by atoms with E-state index < -0.39 is 0 Å². The van der Waals surface area contributed by atoms with Gasteiger partial charge in [0, 0.05) is 6.54 Å². The van der Waals surface area contributed by atoms with Gasteiger partial charge in [0.15, 0.2) is 0 Å². The molecule has 0 unspecified atom stereocenters. The Labute approximate surface area is 126 Å². The van der Waals surface area contributed by atoms with E-state index in [1.807, 2.05) is 63.2 Å². The Morgan fingerprint density at radius 2 is 1.95 bits per heavy atom. The molecule has 0 heterocycles. The molecule has 0 radical (unpaired) electrons. The largest absolute Gasteiger partial charge is 0.491 e. The van der Waals surface area contributed by atoms with Crippen molar-refractivity contribution in [2.45, 2.75) is 33.4 Å². The summed E-state index contributed by atoms with van der Waals surface area (Å²) in [6, 6.07) is 16.1. The van der Waals surface area contributed by atoms with Crippen LogP contribution >= 0.6 is 0 Å². The molecule has 0 aromatic heterocycles. The van der Waals surface area contributed by atoms with E-state index in [1.54, 1.807) is 0 Å². The van der Waals surface area contributed by atoms with Gasteiger partial charge in [-0.25, -0.2) is 0 Å². The Kier molecular flexibility index (Phi) is 4.84. The zero-order valence-corrected chi connectivity index (χ0v) is 12.7. The van der Waals surface area contributed by atoms with Crippen molar-refractivity contribution in [3.05, 3.63) is 59.2 Å². The monoisotopic (exact) mass is 280 g/mol. The highest BCUT2D eigenvalue weighted by Crippen LogP contribution is 2.20. The summed E-state index contributed by atoms with van der Waals surface area (Å²) in [4.78, 5) is 0. The second-order valence-electron chi connectivity index (χ2n) is 5.28. The van der Waals surface area contributed by atoms with Crippen molar-refractivity contribution in [1.82, 2.24) is 0 Å². The van der Waals surface area contributed by atoms with Crippen LogP contribution in [0.3, 0.4) is 0 Å². The van der Waals surface area contributed by atoms with Gasteiger partial charge < -0.3 is 10.1 Å². The van der Waals surface area contributed by atoms with E-state index in [2.05, 4.69) is 11.4 Å². The van der Waals surface area contributed by atoms with Crippen molar-refractivity contribution in [2.75, 3.05) is 5.32 Å². The van der Waals surface area contributed by atoms with Gasteiger partial charge in [0.2, 0.25) is 0 Å². The fraction of sp³-hybridized carbons (Fsp3) is 0.278. The smallest absolute Gasteiger partial charge is 0.120 e. The molecule has 3 heteroatoms. The molecular formula is C18H20N2O. The third-order valence-electron chi connectivity index (χ3n) is 3.14. The van der Waals surface area contributed by atoms with Crippen molar-refractivity contribution < 1.29 is 4.74 Å². The molecule has 0 aliphatic rings. The molecular weight excluding hydrogens is 260 g/mol. The number of rotatable bonds is 5. The quantitative estimate of drug-likeness (QED) is 0.889. The molecule has 0 atom stereocenters. The number of nitrogens with one attached hydrogen (secondary N) is 1. The van der Waals surface area contributed by atoms with Crippen LogP contribution in [0.2, 0.25) is 0 Å². The zero-order chi connectivity index (χ0) is 15.2. The number of ether oxygens (including phenoxy) is 1. The average Bonchev–Trinajstić information content (AvgIpc) is 2.45. The van der Waals surface area contributed by atoms with E-state index in [-0.39, 0.29) is 6.10 Å². The highest BCUT2D eigenvalue weighted by atomic mass is 16.5. The minimum Gasteiger partial charge on any atom is -0.491 e. The SMILES string of the molecule is Cc1cccc(NCc2cccc(OC(C)C)c2)c1C#N. The number of anilines is 1. The van der Waals surface area contributed by atoms with Gasteiger partial charge in [-0.15, -0.1) is 0 Å². The third kappa shape index (κ3) is 4.00. The number of nitrogens with zero attached hydrogens (tertiary/aromatic N) is 1. The maximum atomic E-state index is 9.23. The lowest BCUT2D eigenvalue weighted by Gasteiger charge is -2.13. The first-order valence-corrected chi connectivity index (χ1v) is 7.09. The van der Waals surface area contributed by atoms with Gasteiger partial charge >= 0.3 is 0 Å². The molecule has 0 amide bonds. The summed E-state index contributed by atoms with van der Waals surface area (Å²) in [5.74, 6) is 0.869. The predicted molar refractivity (Wildman–Crippen MR) is 85.4 cm³/mol. The summed E-state index contributed by atoms with van der Waals surface area (Å²) in [5, 5.41) is 12.6. The first kappa shape index (κ1) is 14.9. The molecule has 1 N–H and O–H groups in total. The Balaban J connectivity index is 2.10. The standard InChI is InChI=1S/C18H20N2O/c1-13(2)21-16-8-5-7-15(10-16)12-20-18-9-4-6-14(3)17(18)11-19/h4-10,13,20H,12H2,1-3H3. The molecule has 0 bridgehead atoms. The van der Waals surface area contributed by atoms with Crippen molar-refractivity contribution in [1.29, 1.82) is 5.26 Å². The second-order valence-corrected chi connectivity index (χ2v) is 5.28. The first-order valence-electron chi connectivity index (χ1n) is 7.09. The molecule has 0 saturated heterocycles. The lowest BCUT2D eigenvalue weighted by Crippen LogP contribution is -2.06. The van der Waals surface area contributed by atoms with Crippen LogP contribution in [0.1, 0.15) is 30.5 Å². The molecule has 2 aromatic rings. The van der Waals surface area contributed by atoms with Crippen LogP contribution in [0.4, 0.5) is 5.69 Å². The maximum Gasteiger partial charge on any atom is 0.120 e. The van der Waals surface area contributed by atoms with E-state index in [9.17, 15) is 5.26 Å². The minimum atomic E-state index is 0.162. The van der Waals surface area contributed by atoms with Crippen molar-refractivity contribution >= 4 is 5.69 Å². The van der Waals surface area contributed by atoms with E-state index in [0.717, 1.165) is 22.6 Å². The highest BCUT2D eigenvalue weighted by Gasteiger charge is 2.05. The molecule has 3 nitrogen and oxygen atoms in total.